The maximum absolute atomic E-state index is 12.1. The number of carbonyl (C=O) groups excluding carboxylic acids is 1. The van der Waals surface area contributed by atoms with Gasteiger partial charge in [0.2, 0.25) is 5.89 Å². The summed E-state index contributed by atoms with van der Waals surface area (Å²) >= 11 is 8.27. The van der Waals surface area contributed by atoms with E-state index in [-0.39, 0.29) is 10.7 Å². The first-order chi connectivity index (χ1) is 11.6. The second-order valence-electron chi connectivity index (χ2n) is 5.07. The summed E-state index contributed by atoms with van der Waals surface area (Å²) in [6.07, 6.45) is 0. The molecule has 0 spiro atoms. The molecule has 1 aliphatic heterocycles. The number of aromatic amines is 1. The van der Waals surface area contributed by atoms with E-state index in [0.717, 1.165) is 21.3 Å². The number of fused-ring (bicyclic) bond motifs is 1. The standard InChI is InChI=1S/C16H9BrN4O2S/c17-9-3-6-12-11(7-9)13(14(22)19-12)18-10-4-1-8(2-5-10)15-20-21-16(24)23-15/h1-7H,(H,21,24)(H,18,19,22). The van der Waals surface area contributed by atoms with Crippen LogP contribution in [0.15, 0.2) is 56.3 Å². The number of carbonyl (C=O) groups is 1. The number of rotatable bonds is 2. The van der Waals surface area contributed by atoms with Crippen LogP contribution in [0.3, 0.4) is 0 Å². The van der Waals surface area contributed by atoms with E-state index in [4.69, 9.17) is 16.6 Å². The number of nitrogens with one attached hydrogen (secondary N) is 2. The van der Waals surface area contributed by atoms with Gasteiger partial charge in [0, 0.05) is 15.6 Å². The van der Waals surface area contributed by atoms with E-state index in [0.29, 0.717) is 17.3 Å². The molecule has 4 rings (SSSR count). The van der Waals surface area contributed by atoms with Crippen molar-refractivity contribution in [1.82, 2.24) is 10.2 Å². The molecule has 2 heterocycles. The number of halogens is 1. The molecule has 3 aromatic rings. The first-order valence-electron chi connectivity index (χ1n) is 6.96. The SMILES string of the molecule is O=C1Nc2ccc(Br)cc2C1=Nc1ccc(-c2n[nH]c(=S)o2)cc1. The van der Waals surface area contributed by atoms with Crippen molar-refractivity contribution < 1.29 is 9.21 Å². The lowest BCUT2D eigenvalue weighted by molar-refractivity contribution is -0.110. The zero-order chi connectivity index (χ0) is 16.7. The van der Waals surface area contributed by atoms with E-state index < -0.39 is 0 Å². The molecular formula is C16H9BrN4O2S. The molecule has 0 aliphatic carbocycles. The molecule has 8 heteroatoms. The summed E-state index contributed by atoms with van der Waals surface area (Å²) in [6.45, 7) is 0. The largest absolute Gasteiger partial charge is 0.409 e. The van der Waals surface area contributed by atoms with Crippen LogP contribution in [0.2, 0.25) is 0 Å². The zero-order valence-corrected chi connectivity index (χ0v) is 14.4. The minimum atomic E-state index is -0.217. The van der Waals surface area contributed by atoms with E-state index in [1.165, 1.54) is 0 Å². The molecule has 1 aliphatic rings. The Morgan fingerprint density at radius 3 is 2.67 bits per heavy atom. The topological polar surface area (TPSA) is 83.3 Å². The molecule has 2 N–H and O–H groups in total. The number of H-pyrrole nitrogens is 1. The lowest BCUT2D eigenvalue weighted by atomic mass is 10.1. The van der Waals surface area contributed by atoms with Gasteiger partial charge < -0.3 is 9.73 Å². The van der Waals surface area contributed by atoms with Gasteiger partial charge in [-0.15, -0.1) is 5.10 Å². The van der Waals surface area contributed by atoms with Crippen molar-refractivity contribution in [1.29, 1.82) is 0 Å². The lowest BCUT2D eigenvalue weighted by Gasteiger charge is -2.00. The summed E-state index contributed by atoms with van der Waals surface area (Å²) in [5.74, 6) is 0.192. The highest BCUT2D eigenvalue weighted by molar-refractivity contribution is 9.10. The van der Waals surface area contributed by atoms with Crippen molar-refractivity contribution in [3.63, 3.8) is 0 Å². The monoisotopic (exact) mass is 400 g/mol. The fourth-order valence-electron chi connectivity index (χ4n) is 2.40. The Balaban J connectivity index is 1.70. The minimum absolute atomic E-state index is 0.217. The van der Waals surface area contributed by atoms with Crippen LogP contribution in [0.1, 0.15) is 5.56 Å². The predicted molar refractivity (Wildman–Crippen MR) is 96.1 cm³/mol. The fraction of sp³-hybridized carbons (Fsp3) is 0. The van der Waals surface area contributed by atoms with Crippen molar-refractivity contribution in [2.75, 3.05) is 5.32 Å². The Labute approximate surface area is 149 Å². The van der Waals surface area contributed by atoms with Crippen molar-refractivity contribution in [2.24, 2.45) is 4.99 Å². The van der Waals surface area contributed by atoms with Crippen LogP contribution in [0.4, 0.5) is 11.4 Å². The van der Waals surface area contributed by atoms with Gasteiger partial charge in [0.15, 0.2) is 0 Å². The summed E-state index contributed by atoms with van der Waals surface area (Å²) in [5, 5.41) is 9.35. The van der Waals surface area contributed by atoms with Crippen LogP contribution in [-0.4, -0.2) is 21.8 Å². The molecule has 24 heavy (non-hydrogen) atoms. The highest BCUT2D eigenvalue weighted by atomic mass is 79.9. The van der Waals surface area contributed by atoms with Gasteiger partial charge in [0.25, 0.3) is 10.7 Å². The molecule has 0 fully saturated rings. The molecule has 0 saturated heterocycles. The highest BCUT2D eigenvalue weighted by Gasteiger charge is 2.26. The number of amides is 1. The molecule has 0 saturated carbocycles. The average Bonchev–Trinajstić information content (AvgIpc) is 3.13. The molecule has 2 aromatic carbocycles. The third kappa shape index (κ3) is 2.70. The Morgan fingerprint density at radius 1 is 1.17 bits per heavy atom. The quantitative estimate of drug-likeness (QED) is 0.630. The van der Waals surface area contributed by atoms with Gasteiger partial charge in [-0.25, -0.2) is 10.1 Å². The zero-order valence-electron chi connectivity index (χ0n) is 12.0. The summed E-state index contributed by atoms with van der Waals surface area (Å²) in [4.78, 5) is 16.8. The van der Waals surface area contributed by atoms with Crippen molar-refractivity contribution >= 4 is 51.1 Å². The normalized spacial score (nSPS) is 14.7. The fourth-order valence-corrected chi connectivity index (χ4v) is 2.88. The molecule has 118 valence electrons. The van der Waals surface area contributed by atoms with Gasteiger partial charge in [-0.3, -0.25) is 4.79 Å². The Kier molecular flexibility index (Phi) is 3.62. The number of nitrogens with zero attached hydrogens (tertiary/aromatic N) is 2. The first-order valence-corrected chi connectivity index (χ1v) is 8.16. The van der Waals surface area contributed by atoms with Crippen LogP contribution < -0.4 is 5.32 Å². The Hall–Kier alpha value is -2.58. The van der Waals surface area contributed by atoms with Gasteiger partial charge in [-0.2, -0.15) is 0 Å². The molecule has 0 bridgehead atoms. The highest BCUT2D eigenvalue weighted by Crippen LogP contribution is 2.29. The van der Waals surface area contributed by atoms with Gasteiger partial charge in [0.05, 0.1) is 11.4 Å². The maximum atomic E-state index is 12.1. The van der Waals surface area contributed by atoms with Gasteiger partial charge >= 0.3 is 0 Å². The summed E-state index contributed by atoms with van der Waals surface area (Å²) in [7, 11) is 0. The third-order valence-electron chi connectivity index (χ3n) is 3.49. The van der Waals surface area contributed by atoms with E-state index in [1.54, 1.807) is 12.1 Å². The number of hydrogen-bond acceptors (Lipinski definition) is 5. The van der Waals surface area contributed by atoms with E-state index in [9.17, 15) is 4.79 Å². The molecule has 1 amide bonds. The number of aliphatic imine (C=N–C) groups is 1. The summed E-state index contributed by atoms with van der Waals surface area (Å²) < 4.78 is 6.15. The van der Waals surface area contributed by atoms with Crippen LogP contribution in [0.25, 0.3) is 11.5 Å². The van der Waals surface area contributed by atoms with E-state index >= 15 is 0 Å². The number of anilines is 1. The van der Waals surface area contributed by atoms with E-state index in [1.807, 2.05) is 30.3 Å². The first kappa shape index (κ1) is 15.0. The predicted octanol–water partition coefficient (Wildman–Crippen LogP) is 4.23. The van der Waals surface area contributed by atoms with Crippen LogP contribution >= 0.6 is 28.1 Å². The second-order valence-corrected chi connectivity index (χ2v) is 6.36. The maximum Gasteiger partial charge on any atom is 0.284 e. The van der Waals surface area contributed by atoms with Crippen LogP contribution in [0.5, 0.6) is 0 Å². The molecule has 0 atom stereocenters. The molecule has 0 radical (unpaired) electrons. The Bertz CT molecular complexity index is 1040. The Morgan fingerprint density at radius 2 is 1.96 bits per heavy atom. The van der Waals surface area contributed by atoms with Gasteiger partial charge in [-0.05, 0) is 54.7 Å². The number of aromatic nitrogens is 2. The number of benzene rings is 2. The van der Waals surface area contributed by atoms with Crippen molar-refractivity contribution in [3.8, 4) is 11.5 Å². The minimum Gasteiger partial charge on any atom is -0.409 e. The smallest absolute Gasteiger partial charge is 0.284 e. The van der Waals surface area contributed by atoms with Crippen LogP contribution in [-0.2, 0) is 4.79 Å². The number of hydrogen-bond donors (Lipinski definition) is 2. The third-order valence-corrected chi connectivity index (χ3v) is 4.16. The van der Waals surface area contributed by atoms with Crippen molar-refractivity contribution in [3.05, 3.63) is 57.3 Å². The van der Waals surface area contributed by atoms with Gasteiger partial charge in [0.1, 0.15) is 5.71 Å². The molecule has 0 unspecified atom stereocenters. The lowest BCUT2D eigenvalue weighted by Crippen LogP contribution is -2.13. The van der Waals surface area contributed by atoms with Crippen LogP contribution in [0, 0.1) is 4.84 Å². The van der Waals surface area contributed by atoms with Crippen molar-refractivity contribution in [2.45, 2.75) is 0 Å². The summed E-state index contributed by atoms with van der Waals surface area (Å²) in [5.41, 5.74) is 3.34. The second kappa shape index (κ2) is 5.81. The molecular weight excluding hydrogens is 392 g/mol. The molecule has 6 nitrogen and oxygen atoms in total. The van der Waals surface area contributed by atoms with E-state index in [2.05, 4.69) is 36.4 Å². The summed E-state index contributed by atoms with van der Waals surface area (Å²) in [6, 6.07) is 12.8. The van der Waals surface area contributed by atoms with Gasteiger partial charge in [-0.1, -0.05) is 15.9 Å². The molecule has 1 aromatic heterocycles. The average molecular weight is 401 g/mol.